The standard InChI is InChI=1S/C29H32F2N4O3/c1-18-14-35(15-19(2)29(18,37)21-5-7-22(30)8-6-21)28(36)26-17-34(24-10-23(31)12-32-13-24)16-25(26)20-4-9-27(38-3)33-11-20/h4-13,18-19,25-26,37H,14-17H2,1-3H3/t18-,19+,25-,26+,29?/m0/s1. The third-order valence-electron chi connectivity index (χ3n) is 8.20. The van der Waals surface area contributed by atoms with Gasteiger partial charge >= 0.3 is 0 Å². The van der Waals surface area contributed by atoms with Gasteiger partial charge in [-0.2, -0.15) is 0 Å². The first-order valence-corrected chi connectivity index (χ1v) is 12.8. The lowest BCUT2D eigenvalue weighted by atomic mass is 9.70. The molecule has 3 aromatic rings. The Morgan fingerprint density at radius 3 is 2.29 bits per heavy atom. The van der Waals surface area contributed by atoms with Crippen LogP contribution < -0.4 is 9.64 Å². The Morgan fingerprint density at radius 2 is 1.68 bits per heavy atom. The second-order valence-electron chi connectivity index (χ2n) is 10.5. The fraction of sp³-hybridized carbons (Fsp3) is 0.414. The Bertz CT molecular complexity index is 1280. The van der Waals surface area contributed by atoms with Crippen LogP contribution in [-0.2, 0) is 10.4 Å². The summed E-state index contributed by atoms with van der Waals surface area (Å²) in [7, 11) is 1.55. The van der Waals surface area contributed by atoms with E-state index in [2.05, 4.69) is 9.97 Å². The number of halogens is 2. The van der Waals surface area contributed by atoms with E-state index in [1.807, 2.05) is 29.7 Å². The van der Waals surface area contributed by atoms with Crippen molar-refractivity contribution < 1.29 is 23.4 Å². The minimum Gasteiger partial charge on any atom is -0.481 e. The van der Waals surface area contributed by atoms with Crippen molar-refractivity contribution in [1.82, 2.24) is 14.9 Å². The Kier molecular flexibility index (Phi) is 7.05. The van der Waals surface area contributed by atoms with Gasteiger partial charge in [-0.05, 0) is 23.3 Å². The number of amides is 1. The molecule has 5 rings (SSSR count). The molecule has 2 fully saturated rings. The molecule has 1 unspecified atom stereocenters. The number of pyridine rings is 2. The lowest BCUT2D eigenvalue weighted by Crippen LogP contribution is -2.57. The largest absolute Gasteiger partial charge is 0.481 e. The molecule has 0 radical (unpaired) electrons. The summed E-state index contributed by atoms with van der Waals surface area (Å²) >= 11 is 0. The number of nitrogens with zero attached hydrogens (tertiary/aromatic N) is 4. The van der Waals surface area contributed by atoms with E-state index in [9.17, 15) is 18.7 Å². The number of hydrogen-bond acceptors (Lipinski definition) is 6. The van der Waals surface area contributed by atoms with Crippen molar-refractivity contribution in [3.05, 3.63) is 83.8 Å². The van der Waals surface area contributed by atoms with Crippen molar-refractivity contribution in [2.75, 3.05) is 38.2 Å². The van der Waals surface area contributed by atoms with Crippen LogP contribution in [0.4, 0.5) is 14.5 Å². The summed E-state index contributed by atoms with van der Waals surface area (Å²) in [6.07, 6.45) is 4.49. The van der Waals surface area contributed by atoms with Crippen LogP contribution in [-0.4, -0.2) is 59.2 Å². The summed E-state index contributed by atoms with van der Waals surface area (Å²) in [6.45, 7) is 5.48. The predicted molar refractivity (Wildman–Crippen MR) is 139 cm³/mol. The second kappa shape index (κ2) is 10.3. The van der Waals surface area contributed by atoms with Gasteiger partial charge in [-0.15, -0.1) is 0 Å². The lowest BCUT2D eigenvalue weighted by molar-refractivity contribution is -0.152. The van der Waals surface area contributed by atoms with E-state index in [1.54, 1.807) is 37.7 Å². The second-order valence-corrected chi connectivity index (χ2v) is 10.5. The minimum absolute atomic E-state index is 0.0162. The molecular weight excluding hydrogens is 490 g/mol. The van der Waals surface area contributed by atoms with Crippen LogP contribution in [0.15, 0.2) is 61.1 Å². The van der Waals surface area contributed by atoms with Crippen molar-refractivity contribution in [2.45, 2.75) is 25.4 Å². The highest BCUT2D eigenvalue weighted by Gasteiger charge is 2.49. The van der Waals surface area contributed by atoms with E-state index in [0.29, 0.717) is 43.3 Å². The average molecular weight is 523 g/mol. The summed E-state index contributed by atoms with van der Waals surface area (Å²) in [5.41, 5.74) is 0.993. The molecule has 2 aliphatic heterocycles. The molecule has 200 valence electrons. The summed E-state index contributed by atoms with van der Waals surface area (Å²) in [6, 6.07) is 11.1. The van der Waals surface area contributed by atoms with Crippen LogP contribution in [0.25, 0.3) is 0 Å². The highest BCUT2D eigenvalue weighted by molar-refractivity contribution is 5.82. The monoisotopic (exact) mass is 522 g/mol. The van der Waals surface area contributed by atoms with Gasteiger partial charge in [0.25, 0.3) is 0 Å². The molecule has 2 saturated heterocycles. The van der Waals surface area contributed by atoms with Crippen LogP contribution in [0, 0.1) is 29.4 Å². The van der Waals surface area contributed by atoms with E-state index < -0.39 is 17.3 Å². The van der Waals surface area contributed by atoms with Gasteiger partial charge in [0, 0.05) is 62.3 Å². The first-order valence-electron chi connectivity index (χ1n) is 12.8. The Hall–Kier alpha value is -3.59. The highest BCUT2D eigenvalue weighted by atomic mass is 19.1. The first-order chi connectivity index (χ1) is 18.2. The fourth-order valence-electron chi connectivity index (χ4n) is 6.11. The summed E-state index contributed by atoms with van der Waals surface area (Å²) < 4.78 is 32.7. The van der Waals surface area contributed by atoms with Crippen molar-refractivity contribution >= 4 is 11.6 Å². The number of likely N-dealkylation sites (tertiary alicyclic amines) is 1. The summed E-state index contributed by atoms with van der Waals surface area (Å²) in [4.78, 5) is 26.2. The third kappa shape index (κ3) is 4.71. The number of benzene rings is 1. The minimum atomic E-state index is -1.18. The van der Waals surface area contributed by atoms with Crippen LogP contribution in [0.1, 0.15) is 30.9 Å². The number of hydrogen-bond donors (Lipinski definition) is 1. The Balaban J connectivity index is 1.41. The van der Waals surface area contributed by atoms with Gasteiger partial charge in [0.15, 0.2) is 0 Å². The van der Waals surface area contributed by atoms with Gasteiger partial charge in [0.05, 0.1) is 36.7 Å². The molecule has 0 spiro atoms. The average Bonchev–Trinajstić information content (AvgIpc) is 3.37. The van der Waals surface area contributed by atoms with Crippen LogP contribution in [0.5, 0.6) is 5.88 Å². The zero-order valence-electron chi connectivity index (χ0n) is 21.7. The number of aliphatic hydroxyl groups is 1. The number of aromatic nitrogens is 2. The number of piperidine rings is 1. The zero-order chi connectivity index (χ0) is 27.0. The van der Waals surface area contributed by atoms with Crippen LogP contribution in [0.3, 0.4) is 0 Å². The van der Waals surface area contributed by atoms with Gasteiger partial charge in [-0.25, -0.2) is 13.8 Å². The van der Waals surface area contributed by atoms with Gasteiger partial charge in [0.1, 0.15) is 11.6 Å². The number of rotatable bonds is 5. The van der Waals surface area contributed by atoms with E-state index in [0.717, 1.165) is 11.8 Å². The number of methoxy groups -OCH3 is 1. The normalized spacial score (nSPS) is 27.4. The fourth-order valence-corrected chi connectivity index (χ4v) is 6.11. The zero-order valence-corrected chi connectivity index (χ0v) is 21.7. The molecule has 2 aromatic heterocycles. The van der Waals surface area contributed by atoms with Crippen LogP contribution >= 0.6 is 0 Å². The molecule has 7 nitrogen and oxygen atoms in total. The molecule has 0 bridgehead atoms. The van der Waals surface area contributed by atoms with E-state index >= 15 is 0 Å². The molecule has 2 aliphatic rings. The smallest absolute Gasteiger partial charge is 0.228 e. The van der Waals surface area contributed by atoms with E-state index in [4.69, 9.17) is 4.74 Å². The van der Waals surface area contributed by atoms with Crippen molar-refractivity contribution in [3.8, 4) is 5.88 Å². The van der Waals surface area contributed by atoms with E-state index in [1.165, 1.54) is 18.2 Å². The maximum absolute atomic E-state index is 14.1. The number of anilines is 1. The predicted octanol–water partition coefficient (Wildman–Crippen LogP) is 3.99. The first kappa shape index (κ1) is 26.0. The lowest BCUT2D eigenvalue weighted by Gasteiger charge is -2.48. The molecule has 0 aliphatic carbocycles. The molecule has 38 heavy (non-hydrogen) atoms. The summed E-state index contributed by atoms with van der Waals surface area (Å²) in [5.74, 6) is -1.43. The molecule has 1 amide bonds. The maximum Gasteiger partial charge on any atom is 0.228 e. The van der Waals surface area contributed by atoms with Gasteiger partial charge in [-0.3, -0.25) is 9.78 Å². The van der Waals surface area contributed by atoms with Crippen LogP contribution in [0.2, 0.25) is 0 Å². The van der Waals surface area contributed by atoms with Gasteiger partial charge in [-0.1, -0.05) is 32.0 Å². The molecular formula is C29H32F2N4O3. The SMILES string of the molecule is COc1ccc([C@@H]2CN(c3cncc(F)c3)C[C@H]2C(=O)N2C[C@@H](C)C(O)(c3ccc(F)cc3)[C@@H](C)C2)cn1. The van der Waals surface area contributed by atoms with Crippen molar-refractivity contribution in [3.63, 3.8) is 0 Å². The molecule has 5 atom stereocenters. The van der Waals surface area contributed by atoms with E-state index in [-0.39, 0.29) is 29.5 Å². The molecule has 1 N–H and O–H groups in total. The number of carbonyl (C=O) groups excluding carboxylic acids is 1. The highest BCUT2D eigenvalue weighted by Crippen LogP contribution is 2.43. The Labute approximate surface area is 221 Å². The number of ether oxygens (including phenoxy) is 1. The topological polar surface area (TPSA) is 78.8 Å². The molecule has 4 heterocycles. The van der Waals surface area contributed by atoms with Crippen molar-refractivity contribution in [2.24, 2.45) is 17.8 Å². The molecule has 0 saturated carbocycles. The number of carbonyl (C=O) groups is 1. The third-order valence-corrected chi connectivity index (χ3v) is 8.20. The van der Waals surface area contributed by atoms with Gasteiger partial charge in [0.2, 0.25) is 11.8 Å². The summed E-state index contributed by atoms with van der Waals surface area (Å²) in [5, 5.41) is 11.7. The molecule has 9 heteroatoms. The Morgan fingerprint density at radius 1 is 0.974 bits per heavy atom. The van der Waals surface area contributed by atoms with Crippen molar-refractivity contribution in [1.29, 1.82) is 0 Å². The van der Waals surface area contributed by atoms with Gasteiger partial charge < -0.3 is 19.6 Å². The quantitative estimate of drug-likeness (QED) is 0.546. The maximum atomic E-state index is 14.1. The molecule has 1 aromatic carbocycles.